The molecule has 2 atom stereocenters. The van der Waals surface area contributed by atoms with Crippen molar-refractivity contribution < 1.29 is 29.2 Å². The van der Waals surface area contributed by atoms with Crippen molar-refractivity contribution in [2.45, 2.75) is 64.6 Å². The summed E-state index contributed by atoms with van der Waals surface area (Å²) in [7, 11) is 0. The summed E-state index contributed by atoms with van der Waals surface area (Å²) in [6.45, 7) is 13.0. The molecule has 1 aliphatic heterocycles. The number of hydrogen-bond acceptors (Lipinski definition) is 6. The second-order valence-electron chi connectivity index (χ2n) is 10.3. The number of aliphatic hydroxyl groups excluding tert-OH is 2. The second-order valence-corrected chi connectivity index (χ2v) is 10.3. The first-order valence-electron chi connectivity index (χ1n) is 11.1. The molecule has 0 fully saturated rings. The standard InChI is InChI=1S/C26H36O6/c1-25(2,3)17-11-20(26(4,5)6)24-23(12-17)31-15-18(27)13-29-21-9-7-8-10-22(21)30-14-19(28)16-32-24/h7-12,18-19,27-28H,13-16H2,1-6H3. The van der Waals surface area contributed by atoms with Gasteiger partial charge in [-0.1, -0.05) is 59.7 Å². The van der Waals surface area contributed by atoms with E-state index in [1.54, 1.807) is 12.1 Å². The van der Waals surface area contributed by atoms with Crippen LogP contribution in [0.2, 0.25) is 0 Å². The van der Waals surface area contributed by atoms with Crippen molar-refractivity contribution in [1.82, 2.24) is 0 Å². The van der Waals surface area contributed by atoms with Gasteiger partial charge in [0.1, 0.15) is 38.6 Å². The van der Waals surface area contributed by atoms with Gasteiger partial charge < -0.3 is 29.2 Å². The molecular formula is C26H36O6. The van der Waals surface area contributed by atoms with Crippen LogP contribution >= 0.6 is 0 Å². The third-order valence-electron chi connectivity index (χ3n) is 5.29. The first kappa shape index (κ1) is 24.2. The van der Waals surface area contributed by atoms with E-state index in [0.717, 1.165) is 11.1 Å². The summed E-state index contributed by atoms with van der Waals surface area (Å²) in [5.41, 5.74) is 1.77. The van der Waals surface area contributed by atoms with Crippen LogP contribution in [0.4, 0.5) is 0 Å². The summed E-state index contributed by atoms with van der Waals surface area (Å²) in [6, 6.07) is 11.3. The predicted octanol–water partition coefficient (Wildman–Crippen LogP) is 4.23. The average molecular weight is 445 g/mol. The van der Waals surface area contributed by atoms with E-state index in [9.17, 15) is 10.2 Å². The molecular weight excluding hydrogens is 408 g/mol. The van der Waals surface area contributed by atoms with E-state index in [2.05, 4.69) is 47.6 Å². The van der Waals surface area contributed by atoms with Gasteiger partial charge >= 0.3 is 0 Å². The van der Waals surface area contributed by atoms with Crippen molar-refractivity contribution in [2.24, 2.45) is 0 Å². The highest BCUT2D eigenvalue weighted by Gasteiger charge is 2.28. The number of benzene rings is 2. The minimum absolute atomic E-state index is 0.0408. The Morgan fingerprint density at radius 3 is 1.59 bits per heavy atom. The zero-order valence-electron chi connectivity index (χ0n) is 20.0. The van der Waals surface area contributed by atoms with Gasteiger partial charge in [-0.25, -0.2) is 0 Å². The summed E-state index contributed by atoms with van der Waals surface area (Å²) >= 11 is 0. The fraction of sp³-hybridized carbons (Fsp3) is 0.538. The minimum atomic E-state index is -0.848. The lowest BCUT2D eigenvalue weighted by Gasteiger charge is -2.30. The summed E-state index contributed by atoms with van der Waals surface area (Å²) in [6.07, 6.45) is -1.69. The third-order valence-corrected chi connectivity index (χ3v) is 5.29. The maximum atomic E-state index is 10.5. The number of para-hydroxylation sites is 2. The number of ether oxygens (including phenoxy) is 4. The SMILES string of the molecule is CC(C)(C)c1cc2c(c(C(C)(C)C)c1)OCC(O)COc1ccccc1OCC(O)CO2. The molecule has 6 nitrogen and oxygen atoms in total. The monoisotopic (exact) mass is 444 g/mol. The van der Waals surface area contributed by atoms with Crippen LogP contribution in [0.3, 0.4) is 0 Å². The van der Waals surface area contributed by atoms with E-state index in [1.165, 1.54) is 0 Å². The Bertz CT molecular complexity index is 910. The zero-order chi connectivity index (χ0) is 23.5. The molecule has 0 spiro atoms. The Morgan fingerprint density at radius 2 is 1.12 bits per heavy atom. The molecule has 176 valence electrons. The highest BCUT2D eigenvalue weighted by atomic mass is 16.6. The summed E-state index contributed by atoms with van der Waals surface area (Å²) in [5.74, 6) is 2.13. The van der Waals surface area contributed by atoms with Crippen molar-refractivity contribution in [3.05, 3.63) is 47.5 Å². The van der Waals surface area contributed by atoms with Gasteiger partial charge in [-0.2, -0.15) is 0 Å². The molecule has 0 aromatic heterocycles. The van der Waals surface area contributed by atoms with Crippen LogP contribution in [-0.4, -0.2) is 48.8 Å². The smallest absolute Gasteiger partial charge is 0.165 e. The van der Waals surface area contributed by atoms with Gasteiger partial charge in [0, 0.05) is 5.56 Å². The van der Waals surface area contributed by atoms with Gasteiger partial charge in [0.05, 0.1) is 0 Å². The second kappa shape index (κ2) is 9.59. The molecule has 0 saturated carbocycles. The highest BCUT2D eigenvalue weighted by molar-refractivity contribution is 5.53. The van der Waals surface area contributed by atoms with E-state index in [4.69, 9.17) is 18.9 Å². The van der Waals surface area contributed by atoms with Crippen molar-refractivity contribution in [3.8, 4) is 23.0 Å². The van der Waals surface area contributed by atoms with Crippen LogP contribution in [0.5, 0.6) is 23.0 Å². The van der Waals surface area contributed by atoms with Gasteiger partial charge in [0.2, 0.25) is 0 Å². The molecule has 2 aromatic carbocycles. The lowest BCUT2D eigenvalue weighted by atomic mass is 9.80. The molecule has 32 heavy (non-hydrogen) atoms. The number of rotatable bonds is 0. The van der Waals surface area contributed by atoms with Crippen molar-refractivity contribution in [1.29, 1.82) is 0 Å². The van der Waals surface area contributed by atoms with E-state index in [1.807, 2.05) is 18.2 Å². The normalized spacial score (nSPS) is 20.4. The average Bonchev–Trinajstić information content (AvgIpc) is 2.71. The molecule has 0 saturated heterocycles. The molecule has 0 amide bonds. The van der Waals surface area contributed by atoms with Gasteiger partial charge in [-0.05, 0) is 34.6 Å². The zero-order valence-corrected chi connectivity index (χ0v) is 20.0. The Morgan fingerprint density at radius 1 is 0.656 bits per heavy atom. The number of hydrogen-bond donors (Lipinski definition) is 2. The highest BCUT2D eigenvalue weighted by Crippen LogP contribution is 2.42. The molecule has 0 radical (unpaired) electrons. The van der Waals surface area contributed by atoms with Gasteiger partial charge in [0.25, 0.3) is 0 Å². The first-order chi connectivity index (χ1) is 14.9. The van der Waals surface area contributed by atoms with E-state index < -0.39 is 12.2 Å². The predicted molar refractivity (Wildman–Crippen MR) is 124 cm³/mol. The Balaban J connectivity index is 1.98. The fourth-order valence-corrected chi connectivity index (χ4v) is 3.37. The summed E-state index contributed by atoms with van der Waals surface area (Å²) in [4.78, 5) is 0. The Hall–Kier alpha value is -2.44. The molecule has 2 aromatic rings. The first-order valence-corrected chi connectivity index (χ1v) is 11.1. The van der Waals surface area contributed by atoms with Crippen LogP contribution in [-0.2, 0) is 10.8 Å². The van der Waals surface area contributed by atoms with Crippen molar-refractivity contribution >= 4 is 0 Å². The van der Waals surface area contributed by atoms with E-state index in [-0.39, 0.29) is 37.3 Å². The molecule has 2 unspecified atom stereocenters. The van der Waals surface area contributed by atoms with Crippen LogP contribution in [0, 0.1) is 0 Å². The fourth-order valence-electron chi connectivity index (χ4n) is 3.37. The number of fused-ring (bicyclic) bond motifs is 2. The quantitative estimate of drug-likeness (QED) is 0.633. The van der Waals surface area contributed by atoms with Crippen LogP contribution in [0.25, 0.3) is 0 Å². The molecule has 3 rings (SSSR count). The Labute approximate surface area is 191 Å². The van der Waals surface area contributed by atoms with Gasteiger partial charge in [0.15, 0.2) is 23.0 Å². The molecule has 0 aliphatic carbocycles. The largest absolute Gasteiger partial charge is 0.487 e. The van der Waals surface area contributed by atoms with Gasteiger partial charge in [-0.3, -0.25) is 0 Å². The molecule has 1 heterocycles. The van der Waals surface area contributed by atoms with Crippen LogP contribution in [0.1, 0.15) is 52.7 Å². The molecule has 2 N–H and O–H groups in total. The Kier molecular flexibility index (Phi) is 7.25. The van der Waals surface area contributed by atoms with E-state index >= 15 is 0 Å². The van der Waals surface area contributed by atoms with Crippen LogP contribution in [0.15, 0.2) is 36.4 Å². The number of aliphatic hydroxyl groups is 2. The third kappa shape index (κ3) is 6.08. The van der Waals surface area contributed by atoms with Crippen LogP contribution < -0.4 is 18.9 Å². The summed E-state index contributed by atoms with van der Waals surface area (Å²) < 4.78 is 23.7. The van der Waals surface area contributed by atoms with Crippen molar-refractivity contribution in [3.63, 3.8) is 0 Å². The van der Waals surface area contributed by atoms with E-state index in [0.29, 0.717) is 23.0 Å². The molecule has 0 bridgehead atoms. The molecule has 6 heteroatoms. The summed E-state index contributed by atoms with van der Waals surface area (Å²) in [5, 5.41) is 21.0. The lowest BCUT2D eigenvalue weighted by Crippen LogP contribution is -2.29. The van der Waals surface area contributed by atoms with Crippen molar-refractivity contribution in [2.75, 3.05) is 26.4 Å². The maximum Gasteiger partial charge on any atom is 0.165 e. The minimum Gasteiger partial charge on any atom is -0.487 e. The topological polar surface area (TPSA) is 77.4 Å². The molecule has 1 aliphatic rings. The van der Waals surface area contributed by atoms with Gasteiger partial charge in [-0.15, -0.1) is 0 Å². The lowest BCUT2D eigenvalue weighted by molar-refractivity contribution is 0.0439. The maximum absolute atomic E-state index is 10.5.